The topological polar surface area (TPSA) is 104 Å². The molecular formula is C17H27N3O4. The molecule has 1 aliphatic heterocycles. The molecule has 0 spiro atoms. The number of nitrogens with zero attached hydrogens (tertiary/aromatic N) is 1. The van der Waals surface area contributed by atoms with Gasteiger partial charge in [-0.25, -0.2) is 4.79 Å². The lowest BCUT2D eigenvalue weighted by atomic mass is 9.68. The normalized spacial score (nSPS) is 22.2. The Morgan fingerprint density at radius 2 is 2.12 bits per heavy atom. The van der Waals surface area contributed by atoms with Crippen molar-refractivity contribution in [3.63, 3.8) is 0 Å². The molecule has 3 atom stereocenters. The molecule has 0 radical (unpaired) electrons. The summed E-state index contributed by atoms with van der Waals surface area (Å²) in [5.41, 5.74) is -0.328. The molecule has 1 aliphatic rings. The summed E-state index contributed by atoms with van der Waals surface area (Å²) in [7, 11) is 0. The highest BCUT2D eigenvalue weighted by Gasteiger charge is 2.43. The molecule has 0 aliphatic carbocycles. The molecule has 3 unspecified atom stereocenters. The minimum absolute atomic E-state index is 0.0793. The predicted octanol–water partition coefficient (Wildman–Crippen LogP) is 2.41. The third kappa shape index (κ3) is 3.71. The first-order valence-corrected chi connectivity index (χ1v) is 8.28. The van der Waals surface area contributed by atoms with Crippen molar-refractivity contribution in [2.24, 2.45) is 5.92 Å². The number of carboxylic acids is 1. The van der Waals surface area contributed by atoms with Crippen molar-refractivity contribution in [3.8, 4) is 0 Å². The Hall–Kier alpha value is -2.05. The van der Waals surface area contributed by atoms with Gasteiger partial charge in [-0.3, -0.25) is 4.79 Å². The van der Waals surface area contributed by atoms with Crippen LogP contribution < -0.4 is 10.6 Å². The number of urea groups is 1. The number of hydrogen-bond donors (Lipinski definition) is 3. The summed E-state index contributed by atoms with van der Waals surface area (Å²) in [5, 5.41) is 19.2. The number of carbonyl (C=O) groups is 2. The van der Waals surface area contributed by atoms with E-state index >= 15 is 0 Å². The summed E-state index contributed by atoms with van der Waals surface area (Å²) in [6, 6.07) is 1.52. The molecule has 7 heteroatoms. The highest BCUT2D eigenvalue weighted by Crippen LogP contribution is 2.39. The van der Waals surface area contributed by atoms with E-state index in [2.05, 4.69) is 15.8 Å². The lowest BCUT2D eigenvalue weighted by molar-refractivity contribution is -0.139. The second-order valence-electron chi connectivity index (χ2n) is 7.90. The van der Waals surface area contributed by atoms with Gasteiger partial charge in [0.05, 0.1) is 12.1 Å². The highest BCUT2D eigenvalue weighted by atomic mass is 16.5. The predicted molar refractivity (Wildman–Crippen MR) is 88.9 cm³/mol. The van der Waals surface area contributed by atoms with E-state index in [4.69, 9.17) is 4.52 Å². The maximum absolute atomic E-state index is 11.6. The van der Waals surface area contributed by atoms with Crippen LogP contribution in [0, 0.1) is 5.92 Å². The molecule has 7 nitrogen and oxygen atoms in total. The summed E-state index contributed by atoms with van der Waals surface area (Å²) in [6.07, 6.45) is 0.663. The molecule has 0 bridgehead atoms. The number of carboxylic acid groups (broad SMARTS) is 1. The van der Waals surface area contributed by atoms with Crippen LogP contribution in [0.1, 0.15) is 58.9 Å². The van der Waals surface area contributed by atoms with Crippen molar-refractivity contribution in [1.82, 2.24) is 15.8 Å². The Labute approximate surface area is 142 Å². The van der Waals surface area contributed by atoms with Gasteiger partial charge in [-0.15, -0.1) is 0 Å². The SMILES string of the molecule is CC(C1CCNC(=O)N1)C(C)(CC(=O)O)c1cc(C(C)(C)C)on1. The van der Waals surface area contributed by atoms with E-state index < -0.39 is 11.4 Å². The quantitative estimate of drug-likeness (QED) is 0.765. The Kier molecular flexibility index (Phi) is 4.92. The molecule has 1 fully saturated rings. The second kappa shape index (κ2) is 6.45. The molecule has 24 heavy (non-hydrogen) atoms. The van der Waals surface area contributed by atoms with Crippen molar-refractivity contribution >= 4 is 12.0 Å². The van der Waals surface area contributed by atoms with Crippen LogP contribution in [0.25, 0.3) is 0 Å². The standard InChI is InChI=1S/C17H27N3O4/c1-10(11-6-7-18-15(23)19-11)17(5,9-14(21)22)12-8-13(24-20-12)16(2,3)4/h8,10-11H,6-7,9H2,1-5H3,(H,21,22)(H2,18,19,23). The Morgan fingerprint density at radius 1 is 1.46 bits per heavy atom. The summed E-state index contributed by atoms with van der Waals surface area (Å²) < 4.78 is 5.47. The summed E-state index contributed by atoms with van der Waals surface area (Å²) in [5.74, 6) is -0.293. The third-order valence-electron chi connectivity index (χ3n) is 5.02. The largest absolute Gasteiger partial charge is 0.481 e. The van der Waals surface area contributed by atoms with Crippen molar-refractivity contribution in [3.05, 3.63) is 17.5 Å². The van der Waals surface area contributed by atoms with Gasteiger partial charge in [0.25, 0.3) is 0 Å². The molecule has 2 amide bonds. The van der Waals surface area contributed by atoms with E-state index in [1.165, 1.54) is 0 Å². The maximum atomic E-state index is 11.6. The van der Waals surface area contributed by atoms with Crippen molar-refractivity contribution in [1.29, 1.82) is 0 Å². The number of aliphatic carboxylic acids is 1. The molecule has 134 valence electrons. The summed E-state index contributed by atoms with van der Waals surface area (Å²) >= 11 is 0. The van der Waals surface area contributed by atoms with Gasteiger partial charge in [0, 0.05) is 29.5 Å². The molecule has 1 aromatic heterocycles. The molecule has 2 heterocycles. The number of amides is 2. The van der Waals surface area contributed by atoms with Gasteiger partial charge in [-0.2, -0.15) is 0 Å². The Bertz CT molecular complexity index is 620. The van der Waals surface area contributed by atoms with Crippen LogP contribution in [0.5, 0.6) is 0 Å². The number of aromatic nitrogens is 1. The van der Waals surface area contributed by atoms with Crippen LogP contribution in [0.2, 0.25) is 0 Å². The average Bonchev–Trinajstić information content (AvgIpc) is 2.96. The number of carbonyl (C=O) groups excluding carboxylic acids is 1. The molecule has 1 saturated heterocycles. The zero-order valence-corrected chi connectivity index (χ0v) is 15.0. The average molecular weight is 337 g/mol. The fourth-order valence-electron chi connectivity index (χ4n) is 3.15. The van der Waals surface area contributed by atoms with E-state index in [-0.39, 0.29) is 29.8 Å². The molecule has 1 aromatic rings. The van der Waals surface area contributed by atoms with Crippen molar-refractivity contribution in [2.75, 3.05) is 6.54 Å². The van der Waals surface area contributed by atoms with Crippen molar-refractivity contribution in [2.45, 2.75) is 64.3 Å². The van der Waals surface area contributed by atoms with Gasteiger partial charge in [-0.05, 0) is 12.3 Å². The molecule has 2 rings (SSSR count). The van der Waals surface area contributed by atoms with Crippen LogP contribution in [-0.4, -0.2) is 34.9 Å². The molecule has 3 N–H and O–H groups in total. The van der Waals surface area contributed by atoms with Gasteiger partial charge in [0.2, 0.25) is 0 Å². The smallest absolute Gasteiger partial charge is 0.315 e. The first kappa shape index (κ1) is 18.3. The second-order valence-corrected chi connectivity index (χ2v) is 7.90. The van der Waals surface area contributed by atoms with Crippen LogP contribution in [-0.2, 0) is 15.6 Å². The van der Waals surface area contributed by atoms with Gasteiger partial charge < -0.3 is 20.3 Å². The van der Waals surface area contributed by atoms with Crippen LogP contribution >= 0.6 is 0 Å². The lowest BCUT2D eigenvalue weighted by Gasteiger charge is -2.39. The van der Waals surface area contributed by atoms with Crippen LogP contribution in [0.4, 0.5) is 4.79 Å². The molecule has 0 saturated carbocycles. The third-order valence-corrected chi connectivity index (χ3v) is 5.02. The van der Waals surface area contributed by atoms with Crippen LogP contribution in [0.3, 0.4) is 0 Å². The Balaban J connectivity index is 2.36. The van der Waals surface area contributed by atoms with Gasteiger partial charge >= 0.3 is 12.0 Å². The van der Waals surface area contributed by atoms with Gasteiger partial charge in [0.15, 0.2) is 0 Å². The minimum atomic E-state index is -0.898. The fraction of sp³-hybridized carbons (Fsp3) is 0.706. The van der Waals surface area contributed by atoms with Gasteiger partial charge in [-0.1, -0.05) is 39.8 Å². The molecular weight excluding hydrogens is 310 g/mol. The fourth-order valence-corrected chi connectivity index (χ4v) is 3.15. The zero-order valence-electron chi connectivity index (χ0n) is 15.0. The Morgan fingerprint density at radius 3 is 2.62 bits per heavy atom. The lowest BCUT2D eigenvalue weighted by Crippen LogP contribution is -2.55. The number of rotatable bonds is 5. The zero-order chi connectivity index (χ0) is 18.1. The summed E-state index contributed by atoms with van der Waals surface area (Å²) in [6.45, 7) is 10.5. The maximum Gasteiger partial charge on any atom is 0.315 e. The minimum Gasteiger partial charge on any atom is -0.481 e. The monoisotopic (exact) mass is 337 g/mol. The van der Waals surface area contributed by atoms with E-state index in [1.807, 2.05) is 40.7 Å². The highest BCUT2D eigenvalue weighted by molar-refractivity contribution is 5.75. The number of hydrogen-bond acceptors (Lipinski definition) is 4. The first-order chi connectivity index (χ1) is 11.0. The van der Waals surface area contributed by atoms with E-state index in [0.29, 0.717) is 12.2 Å². The van der Waals surface area contributed by atoms with Crippen molar-refractivity contribution < 1.29 is 19.2 Å². The van der Waals surface area contributed by atoms with Gasteiger partial charge in [0.1, 0.15) is 5.76 Å². The molecule has 0 aromatic carbocycles. The van der Waals surface area contributed by atoms with E-state index in [9.17, 15) is 14.7 Å². The first-order valence-electron chi connectivity index (χ1n) is 8.28. The van der Waals surface area contributed by atoms with E-state index in [1.54, 1.807) is 0 Å². The number of nitrogens with one attached hydrogen (secondary N) is 2. The summed E-state index contributed by atoms with van der Waals surface area (Å²) in [4.78, 5) is 23.1. The van der Waals surface area contributed by atoms with Crippen LogP contribution in [0.15, 0.2) is 10.6 Å². The van der Waals surface area contributed by atoms with E-state index in [0.717, 1.165) is 12.2 Å².